The summed E-state index contributed by atoms with van der Waals surface area (Å²) in [5.41, 5.74) is 7.09. The van der Waals surface area contributed by atoms with Gasteiger partial charge in [0.15, 0.2) is 5.78 Å². The van der Waals surface area contributed by atoms with Crippen LogP contribution in [0.2, 0.25) is 0 Å². The van der Waals surface area contributed by atoms with Crippen LogP contribution in [0, 0.1) is 0 Å². The second kappa shape index (κ2) is 10.2. The Kier molecular flexibility index (Phi) is 7.30. The molecule has 0 spiro atoms. The van der Waals surface area contributed by atoms with Crippen LogP contribution >= 0.6 is 0 Å². The van der Waals surface area contributed by atoms with E-state index in [1.165, 1.54) is 17.7 Å². The van der Waals surface area contributed by atoms with Gasteiger partial charge in [-0.15, -0.1) is 0 Å². The minimum Gasteiger partial charge on any atom is -0.477 e. The Morgan fingerprint density at radius 2 is 1.85 bits per heavy atom. The minimum absolute atomic E-state index is 0.0870. The van der Waals surface area contributed by atoms with E-state index in [-0.39, 0.29) is 49.0 Å². The van der Waals surface area contributed by atoms with Gasteiger partial charge in [-0.05, 0) is 43.5 Å². The molecule has 1 fully saturated rings. The SMILES string of the molecule is CCCCOc1nc(N)c2c(c1C(F)(F)F)N(Cc1cccc(CN3CCCC3)c1)CC(=O)C2. The van der Waals surface area contributed by atoms with E-state index >= 15 is 0 Å². The standard InChI is InChI=1S/C25H31F3N4O2/c1-2-3-11-34-24-21(25(26,27)28)22-20(23(29)30-24)13-19(33)16-32(22)15-18-8-6-7-17(12-18)14-31-9-4-5-10-31/h6-8,12H,2-5,9-11,13-16H2,1H3,(H2,29,30). The van der Waals surface area contributed by atoms with Crippen LogP contribution in [0.15, 0.2) is 24.3 Å². The molecule has 0 radical (unpaired) electrons. The Balaban J connectivity index is 1.70. The first-order valence-electron chi connectivity index (χ1n) is 11.9. The van der Waals surface area contributed by atoms with Crippen LogP contribution in [0.1, 0.15) is 54.9 Å². The zero-order valence-corrected chi connectivity index (χ0v) is 19.5. The summed E-state index contributed by atoms with van der Waals surface area (Å²) in [4.78, 5) is 20.3. The van der Waals surface area contributed by atoms with Gasteiger partial charge >= 0.3 is 6.18 Å². The summed E-state index contributed by atoms with van der Waals surface area (Å²) >= 11 is 0. The number of carbonyl (C=O) groups is 1. The number of carbonyl (C=O) groups excluding carboxylic acids is 1. The molecule has 1 aromatic heterocycles. The van der Waals surface area contributed by atoms with Gasteiger partial charge in [0, 0.05) is 25.1 Å². The van der Waals surface area contributed by atoms with Crippen LogP contribution in [0.5, 0.6) is 5.88 Å². The van der Waals surface area contributed by atoms with Gasteiger partial charge in [-0.25, -0.2) is 0 Å². The smallest absolute Gasteiger partial charge is 0.423 e. The molecule has 9 heteroatoms. The molecule has 6 nitrogen and oxygen atoms in total. The fourth-order valence-electron chi connectivity index (χ4n) is 4.73. The number of ether oxygens (including phenoxy) is 1. The largest absolute Gasteiger partial charge is 0.477 e. The van der Waals surface area contributed by atoms with Crippen molar-refractivity contribution in [2.24, 2.45) is 0 Å². The molecule has 184 valence electrons. The normalized spacial score (nSPS) is 16.7. The fourth-order valence-corrected chi connectivity index (χ4v) is 4.73. The minimum atomic E-state index is -4.71. The van der Waals surface area contributed by atoms with E-state index in [0.29, 0.717) is 6.42 Å². The number of rotatable bonds is 8. The van der Waals surface area contributed by atoms with Crippen LogP contribution in [0.25, 0.3) is 0 Å². The molecule has 0 amide bonds. The van der Waals surface area contributed by atoms with E-state index in [2.05, 4.69) is 9.88 Å². The molecule has 0 saturated carbocycles. The molecule has 34 heavy (non-hydrogen) atoms. The number of aromatic nitrogens is 1. The Morgan fingerprint density at radius 1 is 1.15 bits per heavy atom. The number of Topliss-reactive ketones (excluding diaryl/α,β-unsaturated/α-hetero) is 1. The second-order valence-electron chi connectivity index (χ2n) is 9.08. The number of ketones is 1. The van der Waals surface area contributed by atoms with Crippen LogP contribution in [-0.2, 0) is 30.5 Å². The maximum atomic E-state index is 14.3. The van der Waals surface area contributed by atoms with Gasteiger partial charge in [-0.1, -0.05) is 37.6 Å². The highest BCUT2D eigenvalue weighted by atomic mass is 19.4. The Bertz CT molecular complexity index is 1040. The van der Waals surface area contributed by atoms with Gasteiger partial charge in [0.25, 0.3) is 0 Å². The number of hydrogen-bond donors (Lipinski definition) is 1. The van der Waals surface area contributed by atoms with Crippen molar-refractivity contribution in [1.29, 1.82) is 0 Å². The topological polar surface area (TPSA) is 71.7 Å². The Labute approximate surface area is 197 Å². The van der Waals surface area contributed by atoms with Crippen molar-refractivity contribution in [1.82, 2.24) is 9.88 Å². The van der Waals surface area contributed by atoms with Crippen molar-refractivity contribution in [3.8, 4) is 5.88 Å². The second-order valence-corrected chi connectivity index (χ2v) is 9.08. The number of halogens is 3. The molecule has 2 aliphatic heterocycles. The zero-order valence-electron chi connectivity index (χ0n) is 19.5. The van der Waals surface area contributed by atoms with Crippen LogP contribution in [0.3, 0.4) is 0 Å². The summed E-state index contributed by atoms with van der Waals surface area (Å²) < 4.78 is 48.3. The number of hydrogen-bond acceptors (Lipinski definition) is 6. The number of nitrogens with two attached hydrogens (primary N) is 1. The summed E-state index contributed by atoms with van der Waals surface area (Å²) in [5.74, 6) is -0.795. The third kappa shape index (κ3) is 5.46. The number of nitrogens with zero attached hydrogens (tertiary/aromatic N) is 3. The number of benzene rings is 1. The third-order valence-corrected chi connectivity index (χ3v) is 6.31. The maximum Gasteiger partial charge on any atom is 0.423 e. The molecule has 2 N–H and O–H groups in total. The van der Waals surface area contributed by atoms with Gasteiger partial charge in [-0.3, -0.25) is 9.69 Å². The molecule has 2 aromatic rings. The first kappa shape index (κ1) is 24.3. The predicted octanol–water partition coefficient (Wildman–Crippen LogP) is 4.59. The number of unbranched alkanes of at least 4 members (excludes halogenated alkanes) is 1. The molecular formula is C25H31F3N4O2. The van der Waals surface area contributed by atoms with E-state index in [0.717, 1.165) is 37.2 Å². The van der Waals surface area contributed by atoms with Gasteiger partial charge in [0.1, 0.15) is 11.4 Å². The number of pyridine rings is 1. The highest BCUT2D eigenvalue weighted by Crippen LogP contribution is 2.47. The zero-order chi connectivity index (χ0) is 24.3. The molecule has 3 heterocycles. The lowest BCUT2D eigenvalue weighted by Crippen LogP contribution is -2.38. The lowest BCUT2D eigenvalue weighted by atomic mass is 9.96. The number of nitrogen functional groups attached to an aromatic ring is 1. The summed E-state index contributed by atoms with van der Waals surface area (Å²) in [6.07, 6.45) is -1.13. The van der Waals surface area contributed by atoms with Crippen molar-refractivity contribution in [3.05, 3.63) is 46.5 Å². The average molecular weight is 477 g/mol. The van der Waals surface area contributed by atoms with Crippen LogP contribution < -0.4 is 15.4 Å². The summed E-state index contributed by atoms with van der Waals surface area (Å²) in [7, 11) is 0. The van der Waals surface area contributed by atoms with Gasteiger partial charge in [0.2, 0.25) is 5.88 Å². The van der Waals surface area contributed by atoms with Gasteiger partial charge < -0.3 is 15.4 Å². The Hall–Kier alpha value is -2.81. The molecule has 0 aliphatic carbocycles. The highest BCUT2D eigenvalue weighted by Gasteiger charge is 2.43. The summed E-state index contributed by atoms with van der Waals surface area (Å²) in [5, 5.41) is 0. The average Bonchev–Trinajstić information content (AvgIpc) is 3.27. The van der Waals surface area contributed by atoms with E-state index in [4.69, 9.17) is 10.5 Å². The van der Waals surface area contributed by atoms with Crippen molar-refractivity contribution in [2.45, 2.75) is 58.3 Å². The summed E-state index contributed by atoms with van der Waals surface area (Å²) in [6, 6.07) is 7.83. The number of fused-ring (bicyclic) bond motifs is 1. The number of anilines is 2. The van der Waals surface area contributed by atoms with E-state index in [1.54, 1.807) is 0 Å². The summed E-state index contributed by atoms with van der Waals surface area (Å²) in [6.45, 7) is 5.00. The lowest BCUT2D eigenvalue weighted by molar-refractivity contribution is -0.139. The fraction of sp³-hybridized carbons (Fsp3) is 0.520. The molecule has 4 rings (SSSR count). The van der Waals surface area contributed by atoms with Crippen LogP contribution in [0.4, 0.5) is 24.7 Å². The number of likely N-dealkylation sites (tertiary alicyclic amines) is 1. The highest BCUT2D eigenvalue weighted by molar-refractivity contribution is 5.93. The van der Waals surface area contributed by atoms with Crippen molar-refractivity contribution in [3.63, 3.8) is 0 Å². The van der Waals surface area contributed by atoms with Crippen molar-refractivity contribution < 1.29 is 22.7 Å². The number of alkyl halides is 3. The van der Waals surface area contributed by atoms with Crippen molar-refractivity contribution in [2.75, 3.05) is 36.9 Å². The molecule has 0 atom stereocenters. The lowest BCUT2D eigenvalue weighted by Gasteiger charge is -2.34. The molecule has 1 aromatic carbocycles. The molecule has 1 saturated heterocycles. The van der Waals surface area contributed by atoms with E-state index in [9.17, 15) is 18.0 Å². The Morgan fingerprint density at radius 3 is 2.53 bits per heavy atom. The molecule has 0 bridgehead atoms. The predicted molar refractivity (Wildman–Crippen MR) is 125 cm³/mol. The molecule has 2 aliphatic rings. The van der Waals surface area contributed by atoms with Crippen LogP contribution in [-0.4, -0.2) is 41.9 Å². The molecular weight excluding hydrogens is 445 g/mol. The first-order chi connectivity index (χ1) is 16.3. The first-order valence-corrected chi connectivity index (χ1v) is 11.9. The maximum absolute atomic E-state index is 14.3. The van der Waals surface area contributed by atoms with E-state index in [1.807, 2.05) is 31.2 Å². The monoisotopic (exact) mass is 476 g/mol. The van der Waals surface area contributed by atoms with Gasteiger partial charge in [0.05, 0.1) is 18.8 Å². The third-order valence-electron chi connectivity index (χ3n) is 6.31. The molecule has 0 unspecified atom stereocenters. The van der Waals surface area contributed by atoms with Crippen molar-refractivity contribution >= 4 is 17.3 Å². The van der Waals surface area contributed by atoms with Gasteiger partial charge in [-0.2, -0.15) is 18.2 Å². The van der Waals surface area contributed by atoms with E-state index < -0.39 is 17.6 Å². The quantitative estimate of drug-likeness (QED) is 0.562.